The van der Waals surface area contributed by atoms with Gasteiger partial charge in [-0.25, -0.2) is 0 Å². The average molecular weight is 314 g/mol. The Morgan fingerprint density at radius 1 is 1.20 bits per heavy atom. The lowest BCUT2D eigenvalue weighted by atomic mass is 9.75. The molecule has 0 aliphatic carbocycles. The minimum absolute atomic E-state index is 0.149. The number of carbonyl (C=O) groups is 2. The molecule has 0 heterocycles. The molecule has 0 N–H and O–H groups in total. The van der Waals surface area contributed by atoms with Gasteiger partial charge < -0.3 is 19.8 Å². The lowest BCUT2D eigenvalue weighted by molar-refractivity contribution is -0.309. The minimum atomic E-state index is -1.55. The van der Waals surface area contributed by atoms with Crippen molar-refractivity contribution in [2.24, 2.45) is 0 Å². The molecule has 0 bridgehead atoms. The van der Waals surface area contributed by atoms with Crippen molar-refractivity contribution in [1.29, 1.82) is 5.26 Å². The first-order valence-corrected chi connectivity index (χ1v) is 6.33. The predicted molar refractivity (Wildman–Crippen MR) is 67.6 cm³/mol. The highest BCUT2D eigenvalue weighted by molar-refractivity contribution is 6.42. The fourth-order valence-corrected chi connectivity index (χ4v) is 2.15. The van der Waals surface area contributed by atoms with Gasteiger partial charge in [-0.15, -0.1) is 0 Å². The van der Waals surface area contributed by atoms with Crippen LogP contribution in [0.2, 0.25) is 10.0 Å². The van der Waals surface area contributed by atoms with Crippen LogP contribution in [0.15, 0.2) is 18.2 Å². The SMILES string of the molecule is N#CC(CCC(=O)[O-])(CC(=O)[O-])c1ccc(Cl)c(Cl)c1. The molecule has 0 radical (unpaired) electrons. The van der Waals surface area contributed by atoms with Crippen LogP contribution in [0.3, 0.4) is 0 Å². The van der Waals surface area contributed by atoms with Crippen LogP contribution < -0.4 is 10.2 Å². The Balaban J connectivity index is 3.26. The van der Waals surface area contributed by atoms with E-state index in [2.05, 4.69) is 0 Å². The molecule has 7 heteroatoms. The molecular formula is C13H9Cl2NO4-2. The van der Waals surface area contributed by atoms with E-state index in [9.17, 15) is 25.1 Å². The summed E-state index contributed by atoms with van der Waals surface area (Å²) in [4.78, 5) is 21.4. The maximum atomic E-state index is 10.9. The third kappa shape index (κ3) is 3.86. The van der Waals surface area contributed by atoms with Gasteiger partial charge in [0.2, 0.25) is 0 Å². The van der Waals surface area contributed by atoms with E-state index in [0.29, 0.717) is 0 Å². The fourth-order valence-electron chi connectivity index (χ4n) is 1.85. The number of aliphatic carboxylic acids is 2. The first-order valence-electron chi connectivity index (χ1n) is 5.57. The van der Waals surface area contributed by atoms with Crippen LogP contribution in [0.25, 0.3) is 0 Å². The van der Waals surface area contributed by atoms with Gasteiger partial charge in [-0.2, -0.15) is 5.26 Å². The summed E-state index contributed by atoms with van der Waals surface area (Å²) in [6, 6.07) is 6.06. The number of hydrogen-bond donors (Lipinski definition) is 0. The Kier molecular flexibility index (Phi) is 5.37. The average Bonchev–Trinajstić information content (AvgIpc) is 2.37. The first kappa shape index (κ1) is 16.3. The molecule has 0 amide bonds. The molecule has 1 rings (SSSR count). The van der Waals surface area contributed by atoms with E-state index >= 15 is 0 Å². The Bertz CT molecular complexity index is 582. The molecule has 1 aromatic rings. The largest absolute Gasteiger partial charge is 0.550 e. The van der Waals surface area contributed by atoms with E-state index in [1.807, 2.05) is 6.07 Å². The second-order valence-corrected chi connectivity index (χ2v) is 5.06. The Morgan fingerprint density at radius 2 is 1.85 bits per heavy atom. The normalized spacial score (nSPS) is 13.2. The van der Waals surface area contributed by atoms with Gasteiger partial charge in [0, 0.05) is 18.4 Å². The van der Waals surface area contributed by atoms with Gasteiger partial charge in [0.25, 0.3) is 0 Å². The molecule has 0 saturated heterocycles. The molecule has 0 spiro atoms. The third-order valence-corrected chi connectivity index (χ3v) is 3.63. The number of carboxylic acids is 2. The van der Waals surface area contributed by atoms with E-state index < -0.39 is 30.2 Å². The minimum Gasteiger partial charge on any atom is -0.550 e. The summed E-state index contributed by atoms with van der Waals surface area (Å²) in [7, 11) is 0. The van der Waals surface area contributed by atoms with Crippen LogP contribution in [-0.2, 0) is 15.0 Å². The Hall–Kier alpha value is -1.77. The highest BCUT2D eigenvalue weighted by atomic mass is 35.5. The molecule has 5 nitrogen and oxygen atoms in total. The molecule has 0 saturated carbocycles. The fraction of sp³-hybridized carbons (Fsp3) is 0.308. The number of rotatable bonds is 6. The molecule has 20 heavy (non-hydrogen) atoms. The Labute approximate surface area is 125 Å². The maximum Gasteiger partial charge on any atom is 0.0878 e. The van der Waals surface area contributed by atoms with Crippen molar-refractivity contribution in [3.63, 3.8) is 0 Å². The van der Waals surface area contributed by atoms with Crippen LogP contribution in [-0.4, -0.2) is 11.9 Å². The van der Waals surface area contributed by atoms with E-state index in [1.54, 1.807) is 0 Å². The van der Waals surface area contributed by atoms with Crippen LogP contribution >= 0.6 is 23.2 Å². The lowest BCUT2D eigenvalue weighted by Crippen LogP contribution is -2.36. The van der Waals surface area contributed by atoms with Crippen LogP contribution in [0.1, 0.15) is 24.8 Å². The molecule has 0 aliphatic heterocycles. The van der Waals surface area contributed by atoms with Gasteiger partial charge in [-0.05, 0) is 30.5 Å². The molecular weight excluding hydrogens is 305 g/mol. The van der Waals surface area contributed by atoms with Gasteiger partial charge in [0.05, 0.1) is 21.5 Å². The number of nitrogens with zero attached hydrogens (tertiary/aromatic N) is 1. The summed E-state index contributed by atoms with van der Waals surface area (Å²) in [5, 5.41) is 31.1. The van der Waals surface area contributed by atoms with Gasteiger partial charge in [-0.1, -0.05) is 29.3 Å². The van der Waals surface area contributed by atoms with E-state index in [1.165, 1.54) is 18.2 Å². The maximum absolute atomic E-state index is 10.9. The molecule has 1 aromatic carbocycles. The zero-order valence-corrected chi connectivity index (χ0v) is 11.7. The zero-order chi connectivity index (χ0) is 15.3. The number of carboxylic acid groups (broad SMARTS) is 2. The number of hydrogen-bond acceptors (Lipinski definition) is 5. The quantitative estimate of drug-likeness (QED) is 0.757. The molecule has 0 aliphatic rings. The number of carbonyl (C=O) groups excluding carboxylic acids is 2. The third-order valence-electron chi connectivity index (χ3n) is 2.89. The Morgan fingerprint density at radius 3 is 2.30 bits per heavy atom. The van der Waals surface area contributed by atoms with Gasteiger partial charge >= 0.3 is 0 Å². The van der Waals surface area contributed by atoms with Gasteiger partial charge in [-0.3, -0.25) is 0 Å². The van der Waals surface area contributed by atoms with Crippen LogP contribution in [0.4, 0.5) is 0 Å². The van der Waals surface area contributed by atoms with E-state index in [4.69, 9.17) is 23.2 Å². The molecule has 1 unspecified atom stereocenters. The van der Waals surface area contributed by atoms with Crippen molar-refractivity contribution in [2.45, 2.75) is 24.7 Å². The van der Waals surface area contributed by atoms with Crippen molar-refractivity contribution in [3.05, 3.63) is 33.8 Å². The van der Waals surface area contributed by atoms with Gasteiger partial charge in [0.1, 0.15) is 0 Å². The van der Waals surface area contributed by atoms with Crippen molar-refractivity contribution in [1.82, 2.24) is 0 Å². The molecule has 0 fully saturated rings. The summed E-state index contributed by atoms with van der Waals surface area (Å²) in [5.74, 6) is -2.83. The van der Waals surface area contributed by atoms with Crippen molar-refractivity contribution < 1.29 is 19.8 Å². The van der Waals surface area contributed by atoms with Crippen molar-refractivity contribution in [2.75, 3.05) is 0 Å². The highest BCUT2D eigenvalue weighted by Crippen LogP contribution is 2.35. The predicted octanol–water partition coefficient (Wildman–Crippen LogP) is 0.425. The number of nitriles is 1. The summed E-state index contributed by atoms with van der Waals surface area (Å²) in [6.07, 6.45) is -1.33. The van der Waals surface area contributed by atoms with Crippen LogP contribution in [0.5, 0.6) is 0 Å². The number of halogens is 2. The van der Waals surface area contributed by atoms with Crippen molar-refractivity contribution in [3.8, 4) is 6.07 Å². The van der Waals surface area contributed by atoms with E-state index in [-0.39, 0.29) is 22.0 Å². The van der Waals surface area contributed by atoms with Crippen LogP contribution in [0, 0.1) is 11.3 Å². The summed E-state index contributed by atoms with van der Waals surface area (Å²) in [5.41, 5.74) is -1.27. The summed E-state index contributed by atoms with van der Waals surface area (Å²) < 4.78 is 0. The molecule has 0 aromatic heterocycles. The number of benzene rings is 1. The second kappa shape index (κ2) is 6.60. The lowest BCUT2D eigenvalue weighted by Gasteiger charge is -2.28. The standard InChI is InChI=1S/C13H11Cl2NO4/c14-9-2-1-8(5-10(9)15)13(7-16,6-12(19)20)4-3-11(17)18/h1-2,5H,3-4,6H2,(H,17,18)(H,19,20)/p-2. The summed E-state index contributed by atoms with van der Waals surface area (Å²) in [6.45, 7) is 0. The van der Waals surface area contributed by atoms with E-state index in [0.717, 1.165) is 0 Å². The first-order chi connectivity index (χ1) is 9.30. The topological polar surface area (TPSA) is 104 Å². The second-order valence-electron chi connectivity index (χ2n) is 4.24. The molecule has 1 atom stereocenters. The monoisotopic (exact) mass is 313 g/mol. The van der Waals surface area contributed by atoms with Crippen molar-refractivity contribution >= 4 is 35.1 Å². The van der Waals surface area contributed by atoms with Gasteiger partial charge in [0.15, 0.2) is 0 Å². The smallest absolute Gasteiger partial charge is 0.0878 e. The molecule has 106 valence electrons. The highest BCUT2D eigenvalue weighted by Gasteiger charge is 2.32. The summed E-state index contributed by atoms with van der Waals surface area (Å²) >= 11 is 11.6. The zero-order valence-electron chi connectivity index (χ0n) is 10.2.